The molecule has 0 saturated heterocycles. The Morgan fingerprint density at radius 2 is 1.90 bits per heavy atom. The maximum Gasteiger partial charge on any atom is 0.349 e. The van der Waals surface area contributed by atoms with Crippen LogP contribution in [-0.4, -0.2) is 24.6 Å². The van der Waals surface area contributed by atoms with Crippen LogP contribution >= 0.6 is 0 Å². The smallest absolute Gasteiger partial charge is 0.349 e. The summed E-state index contributed by atoms with van der Waals surface area (Å²) in [6.45, 7) is 3.60. The van der Waals surface area contributed by atoms with E-state index < -0.39 is 29.6 Å². The van der Waals surface area contributed by atoms with E-state index in [9.17, 15) is 23.6 Å². The van der Waals surface area contributed by atoms with Gasteiger partial charge in [-0.15, -0.1) is 0 Å². The zero-order chi connectivity index (χ0) is 21.4. The molecule has 0 radical (unpaired) electrons. The summed E-state index contributed by atoms with van der Waals surface area (Å²) in [5.74, 6) is -2.84. The van der Waals surface area contributed by atoms with Crippen LogP contribution in [0.1, 0.15) is 19.4 Å². The third-order valence-corrected chi connectivity index (χ3v) is 3.68. The Balaban J connectivity index is 2.05. The highest BCUT2D eigenvalue weighted by Gasteiger charge is 2.21. The summed E-state index contributed by atoms with van der Waals surface area (Å²) in [5.41, 5.74) is -0.157. The molecule has 8 heteroatoms. The number of ether oxygens (including phenoxy) is 2. The van der Waals surface area contributed by atoms with E-state index in [1.54, 1.807) is 30.3 Å². The fourth-order valence-corrected chi connectivity index (χ4v) is 2.24. The molecule has 29 heavy (non-hydrogen) atoms. The van der Waals surface area contributed by atoms with Crippen LogP contribution in [0.5, 0.6) is 5.75 Å². The molecule has 0 bridgehead atoms. The molecule has 1 atom stereocenters. The zero-order valence-corrected chi connectivity index (χ0v) is 15.7. The third-order valence-electron chi connectivity index (χ3n) is 3.68. The van der Waals surface area contributed by atoms with Crippen LogP contribution in [0.2, 0.25) is 0 Å². The van der Waals surface area contributed by atoms with Gasteiger partial charge in [0.25, 0.3) is 5.91 Å². The van der Waals surface area contributed by atoms with Crippen molar-refractivity contribution in [3.8, 4) is 11.8 Å². The Bertz CT molecular complexity index is 966. The molecule has 2 aromatic carbocycles. The van der Waals surface area contributed by atoms with Gasteiger partial charge in [0.05, 0.1) is 12.3 Å². The number of rotatable bonds is 7. The van der Waals surface area contributed by atoms with E-state index in [4.69, 9.17) is 9.47 Å². The molecule has 0 aliphatic rings. The van der Waals surface area contributed by atoms with E-state index >= 15 is 0 Å². The van der Waals surface area contributed by atoms with Gasteiger partial charge in [-0.3, -0.25) is 4.79 Å². The minimum atomic E-state index is -1.35. The molecular formula is C21H18F2N2O4. The summed E-state index contributed by atoms with van der Waals surface area (Å²) >= 11 is 0. The Morgan fingerprint density at radius 1 is 1.21 bits per heavy atom. The molecule has 1 N–H and O–H groups in total. The second-order valence-corrected chi connectivity index (χ2v) is 5.83. The number of nitriles is 1. The standard InChI is InChI=1S/C21H18F2N2O4/c1-3-28-17-7-4-14(5-8-17)10-15(12-24)21(27)29-13(2)20(26)25-19-11-16(22)6-9-18(19)23/h4-11,13H,3H2,1-2H3,(H,25,26)/b15-10+/t13-/m1/s1. The Morgan fingerprint density at radius 3 is 2.52 bits per heavy atom. The maximum absolute atomic E-state index is 13.6. The monoisotopic (exact) mass is 400 g/mol. The number of hydrogen-bond donors (Lipinski definition) is 1. The van der Waals surface area contributed by atoms with Gasteiger partial charge in [0.1, 0.15) is 29.0 Å². The van der Waals surface area contributed by atoms with Crippen molar-refractivity contribution in [2.24, 2.45) is 0 Å². The summed E-state index contributed by atoms with van der Waals surface area (Å²) < 4.78 is 37.1. The number of nitrogens with one attached hydrogen (secondary N) is 1. The number of nitrogens with zero attached hydrogens (tertiary/aromatic N) is 1. The van der Waals surface area contributed by atoms with Gasteiger partial charge < -0.3 is 14.8 Å². The van der Waals surface area contributed by atoms with Gasteiger partial charge in [-0.1, -0.05) is 12.1 Å². The number of carbonyl (C=O) groups excluding carboxylic acids is 2. The van der Waals surface area contributed by atoms with E-state index in [-0.39, 0.29) is 11.3 Å². The van der Waals surface area contributed by atoms with Crippen LogP contribution < -0.4 is 10.1 Å². The largest absolute Gasteiger partial charge is 0.494 e. The summed E-state index contributed by atoms with van der Waals surface area (Å²) in [6.07, 6.45) is -0.0446. The van der Waals surface area contributed by atoms with Gasteiger partial charge in [0, 0.05) is 6.07 Å². The minimum Gasteiger partial charge on any atom is -0.494 e. The third kappa shape index (κ3) is 6.14. The number of halogens is 2. The lowest BCUT2D eigenvalue weighted by molar-refractivity contribution is -0.148. The van der Waals surface area contributed by atoms with Gasteiger partial charge in [0.2, 0.25) is 0 Å². The van der Waals surface area contributed by atoms with Gasteiger partial charge in [-0.2, -0.15) is 5.26 Å². The van der Waals surface area contributed by atoms with E-state index in [0.29, 0.717) is 17.9 Å². The van der Waals surface area contributed by atoms with Crippen molar-refractivity contribution < 1.29 is 27.8 Å². The van der Waals surface area contributed by atoms with Crippen LogP contribution in [0.25, 0.3) is 6.08 Å². The number of carbonyl (C=O) groups is 2. The number of amides is 1. The lowest BCUT2D eigenvalue weighted by Gasteiger charge is -2.13. The number of esters is 1. The Labute approximate surface area is 166 Å². The highest BCUT2D eigenvalue weighted by atomic mass is 19.1. The molecule has 6 nitrogen and oxygen atoms in total. The second kappa shape index (κ2) is 9.99. The molecular weight excluding hydrogens is 382 g/mol. The van der Waals surface area contributed by atoms with Crippen molar-refractivity contribution in [1.29, 1.82) is 5.26 Å². The Kier molecular flexibility index (Phi) is 7.43. The fraction of sp³-hybridized carbons (Fsp3) is 0.190. The quantitative estimate of drug-likeness (QED) is 0.433. The molecule has 0 spiro atoms. The summed E-state index contributed by atoms with van der Waals surface area (Å²) in [7, 11) is 0. The highest BCUT2D eigenvalue weighted by Crippen LogP contribution is 2.17. The van der Waals surface area contributed by atoms with Gasteiger partial charge in [-0.25, -0.2) is 13.6 Å². The molecule has 150 valence electrons. The second-order valence-electron chi connectivity index (χ2n) is 5.83. The Hall–Kier alpha value is -3.73. The molecule has 0 heterocycles. The van der Waals surface area contributed by atoms with E-state index in [1.165, 1.54) is 13.0 Å². The minimum absolute atomic E-state index is 0.328. The number of hydrogen-bond acceptors (Lipinski definition) is 5. The van der Waals surface area contributed by atoms with Crippen LogP contribution in [0.4, 0.5) is 14.5 Å². The van der Waals surface area contributed by atoms with Crippen molar-refractivity contribution in [2.75, 3.05) is 11.9 Å². The summed E-state index contributed by atoms with van der Waals surface area (Å²) in [4.78, 5) is 24.3. The molecule has 0 saturated carbocycles. The first-order chi connectivity index (χ1) is 13.8. The van der Waals surface area contributed by atoms with Gasteiger partial charge in [-0.05, 0) is 49.8 Å². The SMILES string of the molecule is CCOc1ccc(/C=C(\C#N)C(=O)O[C@H](C)C(=O)Nc2cc(F)ccc2F)cc1. The first-order valence-electron chi connectivity index (χ1n) is 8.65. The van der Waals surface area contributed by atoms with Crippen molar-refractivity contribution in [2.45, 2.75) is 20.0 Å². The molecule has 0 aromatic heterocycles. The normalized spacial score (nSPS) is 11.9. The molecule has 0 fully saturated rings. The lowest BCUT2D eigenvalue weighted by atomic mass is 10.1. The highest BCUT2D eigenvalue weighted by molar-refractivity contribution is 6.01. The van der Waals surface area contributed by atoms with E-state index in [0.717, 1.165) is 18.2 Å². The predicted octanol–water partition coefficient (Wildman–Crippen LogP) is 3.84. The average molecular weight is 400 g/mol. The van der Waals surface area contributed by atoms with Crippen LogP contribution in [0.15, 0.2) is 48.0 Å². The summed E-state index contributed by atoms with van der Waals surface area (Å²) in [6, 6.07) is 10.9. The maximum atomic E-state index is 13.6. The predicted molar refractivity (Wildman–Crippen MR) is 102 cm³/mol. The molecule has 2 rings (SSSR count). The molecule has 0 unspecified atom stereocenters. The first kappa shape index (κ1) is 21.6. The molecule has 1 amide bonds. The van der Waals surface area contributed by atoms with Crippen LogP contribution in [0.3, 0.4) is 0 Å². The fourth-order valence-electron chi connectivity index (χ4n) is 2.24. The first-order valence-corrected chi connectivity index (χ1v) is 8.65. The van der Waals surface area contributed by atoms with Crippen LogP contribution in [0, 0.1) is 23.0 Å². The van der Waals surface area contributed by atoms with Crippen molar-refractivity contribution in [3.63, 3.8) is 0 Å². The molecule has 0 aliphatic heterocycles. The van der Waals surface area contributed by atoms with Crippen LogP contribution in [-0.2, 0) is 14.3 Å². The average Bonchev–Trinajstić information content (AvgIpc) is 2.70. The van der Waals surface area contributed by atoms with E-state index in [1.807, 2.05) is 6.92 Å². The molecule has 0 aliphatic carbocycles. The van der Waals surface area contributed by atoms with Crippen molar-refractivity contribution in [1.82, 2.24) is 0 Å². The molecule has 2 aromatic rings. The number of benzene rings is 2. The number of anilines is 1. The topological polar surface area (TPSA) is 88.4 Å². The lowest BCUT2D eigenvalue weighted by Crippen LogP contribution is -2.30. The van der Waals surface area contributed by atoms with Gasteiger partial charge in [0.15, 0.2) is 6.10 Å². The zero-order valence-electron chi connectivity index (χ0n) is 15.7. The van der Waals surface area contributed by atoms with Crippen molar-refractivity contribution in [3.05, 3.63) is 65.2 Å². The van der Waals surface area contributed by atoms with Crippen molar-refractivity contribution >= 4 is 23.6 Å². The van der Waals surface area contributed by atoms with E-state index in [2.05, 4.69) is 5.32 Å². The summed E-state index contributed by atoms with van der Waals surface area (Å²) in [5, 5.41) is 11.3. The van der Waals surface area contributed by atoms with Gasteiger partial charge >= 0.3 is 5.97 Å².